The van der Waals surface area contributed by atoms with Crippen LogP contribution >= 0.6 is 0 Å². The molecule has 0 aliphatic heterocycles. The fourth-order valence-electron chi connectivity index (χ4n) is 10.9. The molecule has 0 aliphatic rings. The molecule has 0 radical (unpaired) electrons. The Morgan fingerprint density at radius 3 is 1.07 bits per heavy atom. The van der Waals surface area contributed by atoms with Gasteiger partial charge in [0.2, 0.25) is 0 Å². The summed E-state index contributed by atoms with van der Waals surface area (Å²) in [7, 11) is -2.89. The van der Waals surface area contributed by atoms with Gasteiger partial charge in [-0.15, -0.1) is 0 Å². The molecule has 4 nitrogen and oxygen atoms in total. The molecule has 0 saturated heterocycles. The molecule has 0 amide bonds. The predicted octanol–water partition coefficient (Wildman–Crippen LogP) is 14.3. The zero-order valence-electron chi connectivity index (χ0n) is 40.5. The number of hydrogen-bond donors (Lipinski definition) is 0. The first-order chi connectivity index (χ1) is 36.7. The first-order valence-electron chi connectivity index (χ1n) is 25.2. The van der Waals surface area contributed by atoms with E-state index in [1.165, 1.54) is 42.6 Å². The Balaban J connectivity index is 1.10. The quantitative estimate of drug-likeness (QED) is 0.0958. The van der Waals surface area contributed by atoms with Gasteiger partial charge in [-0.05, 0) is 78.4 Å². The minimum absolute atomic E-state index is 0.591. The van der Waals surface area contributed by atoms with Crippen molar-refractivity contribution < 1.29 is 0 Å². The number of hydrogen-bond acceptors (Lipinski definition) is 3. The summed E-state index contributed by atoms with van der Waals surface area (Å²) < 4.78 is 2.43. The molecule has 5 heteroatoms. The molecule has 0 bridgehead atoms. The zero-order valence-corrected chi connectivity index (χ0v) is 41.5. The van der Waals surface area contributed by atoms with Gasteiger partial charge in [-0.1, -0.05) is 267 Å². The Bertz CT molecular complexity index is 3840. The summed E-state index contributed by atoms with van der Waals surface area (Å²) in [5.41, 5.74) is 12.7. The largest absolute Gasteiger partial charge is 0.309 e. The summed E-state index contributed by atoms with van der Waals surface area (Å²) in [5.74, 6) is 1.81. The molecular weight excluding hydrogens is 913 g/mol. The van der Waals surface area contributed by atoms with Gasteiger partial charge in [0.25, 0.3) is 0 Å². The van der Waals surface area contributed by atoms with Crippen LogP contribution in [0.2, 0.25) is 0 Å². The predicted molar refractivity (Wildman–Crippen MR) is 310 cm³/mol. The van der Waals surface area contributed by atoms with Crippen molar-refractivity contribution in [2.75, 3.05) is 0 Å². The van der Waals surface area contributed by atoms with E-state index in [0.717, 1.165) is 55.7 Å². The van der Waals surface area contributed by atoms with E-state index in [9.17, 15) is 0 Å². The van der Waals surface area contributed by atoms with E-state index in [-0.39, 0.29) is 0 Å². The summed E-state index contributed by atoms with van der Waals surface area (Å²) in [6.45, 7) is 0. The van der Waals surface area contributed by atoms with Crippen LogP contribution in [0.5, 0.6) is 0 Å². The summed E-state index contributed by atoms with van der Waals surface area (Å²) in [5, 5.41) is 7.60. The van der Waals surface area contributed by atoms with E-state index in [2.05, 4.69) is 259 Å². The fourth-order valence-corrected chi connectivity index (χ4v) is 15.7. The number of benzene rings is 11. The fraction of sp³-hybridized carbons (Fsp3) is 0. The van der Waals surface area contributed by atoms with Gasteiger partial charge in [-0.25, -0.2) is 15.0 Å². The van der Waals surface area contributed by atoms with Crippen molar-refractivity contribution in [3.05, 3.63) is 291 Å². The Hall–Kier alpha value is -9.55. The van der Waals surface area contributed by atoms with Crippen molar-refractivity contribution in [3.63, 3.8) is 0 Å². The second kappa shape index (κ2) is 19.2. The molecule has 13 aromatic rings. The van der Waals surface area contributed by atoms with Crippen molar-refractivity contribution in [1.82, 2.24) is 19.5 Å². The second-order valence-electron chi connectivity index (χ2n) is 18.7. The van der Waals surface area contributed by atoms with Gasteiger partial charge in [0.1, 0.15) is 0 Å². The van der Waals surface area contributed by atoms with Gasteiger partial charge in [0.15, 0.2) is 25.5 Å². The molecule has 13 rings (SSSR count). The summed E-state index contributed by atoms with van der Waals surface area (Å²) in [6.07, 6.45) is 0. The SMILES string of the molecule is c1ccc(-c2ccc3c4ccc(-c5ccccc5)cc4n(-c4ccc(-c5cccc([Si](c6ccccc6)(c6ccccc6)c6ccccc6)c5)c(-c5nc(-c6ccccc6)nc(-c6ccccc6)n5)c4)c3c2)cc1. The monoisotopic (exact) mass is 960 g/mol. The zero-order chi connectivity index (χ0) is 49.3. The maximum Gasteiger partial charge on any atom is 0.179 e. The molecule has 0 saturated carbocycles. The highest BCUT2D eigenvalue weighted by atomic mass is 28.3. The Kier molecular flexibility index (Phi) is 11.5. The normalized spacial score (nSPS) is 11.5. The van der Waals surface area contributed by atoms with Crippen LogP contribution in [0.3, 0.4) is 0 Å². The molecule has 0 N–H and O–H groups in total. The van der Waals surface area contributed by atoms with Gasteiger partial charge >= 0.3 is 0 Å². The molecule has 0 unspecified atom stereocenters. The van der Waals surface area contributed by atoms with Gasteiger partial charge < -0.3 is 4.57 Å². The van der Waals surface area contributed by atoms with E-state index >= 15 is 0 Å². The van der Waals surface area contributed by atoms with Crippen LogP contribution in [0.15, 0.2) is 291 Å². The van der Waals surface area contributed by atoms with Crippen LogP contribution in [0, 0.1) is 0 Å². The van der Waals surface area contributed by atoms with Crippen molar-refractivity contribution in [2.24, 2.45) is 0 Å². The number of nitrogens with zero attached hydrogens (tertiary/aromatic N) is 4. The van der Waals surface area contributed by atoms with Gasteiger partial charge in [0.05, 0.1) is 11.0 Å². The summed E-state index contributed by atoms with van der Waals surface area (Å²) >= 11 is 0. The average molecular weight is 961 g/mol. The molecule has 0 spiro atoms. The molecule has 2 heterocycles. The van der Waals surface area contributed by atoms with E-state index in [0.29, 0.717) is 17.5 Å². The van der Waals surface area contributed by atoms with Crippen LogP contribution in [-0.2, 0) is 0 Å². The second-order valence-corrected chi connectivity index (χ2v) is 22.5. The molecular formula is C69H48N4Si. The Labute approximate surface area is 432 Å². The standard InChI is InChI=1S/C69H48N4Si/c1-8-23-49(24-9-1)53-39-42-62-63-43-40-54(50-25-10-2-11-26-50)47-66(63)73(65(62)46-53)56-41-44-61(64(48-56)69-71-67(51-27-12-3-13-28-51)70-68(72-69)52-29-14-4-15-30-52)55-31-22-38-60(45-55)74(57-32-16-5-17-33-57,58-34-18-6-19-35-58)59-36-20-7-21-37-59/h1-48H. The molecule has 0 fully saturated rings. The van der Waals surface area contributed by atoms with E-state index in [1.54, 1.807) is 0 Å². The maximum atomic E-state index is 5.43. The van der Waals surface area contributed by atoms with Crippen molar-refractivity contribution >= 4 is 50.6 Å². The molecule has 0 aliphatic carbocycles. The topological polar surface area (TPSA) is 43.6 Å². The van der Waals surface area contributed by atoms with Gasteiger partial charge in [0, 0.05) is 33.2 Å². The summed E-state index contributed by atoms with van der Waals surface area (Å²) in [4.78, 5) is 16.0. The molecule has 11 aromatic carbocycles. The highest BCUT2D eigenvalue weighted by Gasteiger charge is 2.41. The smallest absolute Gasteiger partial charge is 0.179 e. The van der Waals surface area contributed by atoms with Crippen molar-refractivity contribution in [1.29, 1.82) is 0 Å². The minimum atomic E-state index is -2.89. The molecule has 2 aromatic heterocycles. The van der Waals surface area contributed by atoms with Crippen LogP contribution in [0.25, 0.3) is 95.0 Å². The first-order valence-corrected chi connectivity index (χ1v) is 27.2. The molecule has 348 valence electrons. The van der Waals surface area contributed by atoms with E-state index in [4.69, 9.17) is 15.0 Å². The lowest BCUT2D eigenvalue weighted by molar-refractivity contribution is 1.07. The third-order valence-corrected chi connectivity index (χ3v) is 19.2. The van der Waals surface area contributed by atoms with Crippen LogP contribution in [0.4, 0.5) is 0 Å². The first kappa shape index (κ1) is 44.4. The highest BCUT2D eigenvalue weighted by Crippen LogP contribution is 2.40. The van der Waals surface area contributed by atoms with Crippen molar-refractivity contribution in [3.8, 4) is 73.2 Å². The Morgan fingerprint density at radius 2 is 0.622 bits per heavy atom. The number of aromatic nitrogens is 4. The van der Waals surface area contributed by atoms with Crippen LogP contribution in [0.1, 0.15) is 0 Å². The van der Waals surface area contributed by atoms with E-state index in [1.807, 2.05) is 36.4 Å². The lowest BCUT2D eigenvalue weighted by Crippen LogP contribution is -2.74. The lowest BCUT2D eigenvalue weighted by Gasteiger charge is -2.34. The number of fused-ring (bicyclic) bond motifs is 3. The minimum Gasteiger partial charge on any atom is -0.309 e. The third-order valence-electron chi connectivity index (χ3n) is 14.4. The average Bonchev–Trinajstić information content (AvgIpc) is 3.82. The van der Waals surface area contributed by atoms with Crippen LogP contribution < -0.4 is 20.7 Å². The van der Waals surface area contributed by atoms with Gasteiger partial charge in [-0.2, -0.15) is 0 Å². The van der Waals surface area contributed by atoms with Crippen molar-refractivity contribution in [2.45, 2.75) is 0 Å². The lowest BCUT2D eigenvalue weighted by atomic mass is 9.98. The number of rotatable bonds is 11. The van der Waals surface area contributed by atoms with Gasteiger partial charge in [-0.3, -0.25) is 0 Å². The van der Waals surface area contributed by atoms with Crippen LogP contribution in [-0.4, -0.2) is 27.6 Å². The molecule has 74 heavy (non-hydrogen) atoms. The summed E-state index contributed by atoms with van der Waals surface area (Å²) in [6, 6.07) is 105. The molecule has 0 atom stereocenters. The Morgan fingerprint density at radius 1 is 0.243 bits per heavy atom. The highest BCUT2D eigenvalue weighted by molar-refractivity contribution is 7.19. The van der Waals surface area contributed by atoms with E-state index < -0.39 is 8.07 Å². The maximum absolute atomic E-state index is 5.43. The third kappa shape index (κ3) is 8.02.